The molecule has 0 radical (unpaired) electrons. The van der Waals surface area contributed by atoms with Gasteiger partial charge in [-0.1, -0.05) is 24.6 Å². The van der Waals surface area contributed by atoms with E-state index in [9.17, 15) is 8.42 Å². The zero-order chi connectivity index (χ0) is 18.6. The van der Waals surface area contributed by atoms with Gasteiger partial charge in [0, 0.05) is 24.7 Å². The molecular weight excluding hydrogens is 350 g/mol. The van der Waals surface area contributed by atoms with Crippen molar-refractivity contribution in [2.45, 2.75) is 37.1 Å². The van der Waals surface area contributed by atoms with E-state index in [1.54, 1.807) is 29.7 Å². The van der Waals surface area contributed by atoms with Crippen molar-refractivity contribution in [3.63, 3.8) is 0 Å². The number of ether oxygens (including phenoxy) is 1. The lowest BCUT2D eigenvalue weighted by Crippen LogP contribution is -2.36. The molecule has 0 spiro atoms. The fourth-order valence-electron chi connectivity index (χ4n) is 3.25. The van der Waals surface area contributed by atoms with Gasteiger partial charge in [0.15, 0.2) is 0 Å². The number of aromatic nitrogens is 1. The summed E-state index contributed by atoms with van der Waals surface area (Å²) in [7, 11) is -1.77. The largest absolute Gasteiger partial charge is 0.496 e. The topological polar surface area (TPSA) is 72.8 Å². The fraction of sp³-hybridized carbons (Fsp3) is 0.421. The van der Waals surface area contributed by atoms with Crippen LogP contribution < -0.4 is 15.0 Å². The Bertz CT molecular complexity index is 831. The predicted octanol–water partition coefficient (Wildman–Crippen LogP) is 2.86. The number of hydrogen-bond donors (Lipinski definition) is 1. The summed E-state index contributed by atoms with van der Waals surface area (Å²) in [5, 5.41) is 3.35. The maximum Gasteiger partial charge on any atom is 0.272 e. The summed E-state index contributed by atoms with van der Waals surface area (Å²) in [6.45, 7) is 3.24. The molecule has 26 heavy (non-hydrogen) atoms. The van der Waals surface area contributed by atoms with Crippen LogP contribution in [0.5, 0.6) is 5.75 Å². The number of anilines is 1. The van der Waals surface area contributed by atoms with E-state index in [1.165, 1.54) is 0 Å². The van der Waals surface area contributed by atoms with Crippen LogP contribution in [0.15, 0.2) is 47.5 Å². The molecule has 2 heterocycles. The molecule has 1 atom stereocenters. The average molecular weight is 377 g/mol. The highest BCUT2D eigenvalue weighted by atomic mass is 32.2. The molecule has 1 aromatic heterocycles. The number of rotatable bonds is 6. The summed E-state index contributed by atoms with van der Waals surface area (Å²) in [6.07, 6.45) is 4.51. The molecule has 0 bridgehead atoms. The molecule has 0 unspecified atom stereocenters. The number of piperidine rings is 1. The number of nitrogens with one attached hydrogen (secondary N) is 2. The number of sulfonamides is 1. The monoisotopic (exact) mass is 376 g/mol. The van der Waals surface area contributed by atoms with Gasteiger partial charge in [-0.25, -0.2) is 13.4 Å². The average Bonchev–Trinajstić information content (AvgIpc) is 2.69. The fourth-order valence-corrected chi connectivity index (χ4v) is 4.74. The Hall–Kier alpha value is -2.12. The second-order valence-electron chi connectivity index (χ2n) is 6.51. The van der Waals surface area contributed by atoms with E-state index >= 15 is 0 Å². The van der Waals surface area contributed by atoms with Gasteiger partial charge in [0.05, 0.1) is 7.11 Å². The number of pyridine rings is 1. The van der Waals surface area contributed by atoms with Crippen LogP contribution in [0.1, 0.15) is 37.8 Å². The SMILES string of the molecule is COc1ccccc1[C@@H](C)Nc1ccc(S(=O)(=O)N2CCCCC2)c[nH+]1. The Kier molecular flexibility index (Phi) is 5.78. The highest BCUT2D eigenvalue weighted by Gasteiger charge is 2.27. The van der Waals surface area contributed by atoms with Gasteiger partial charge in [-0.15, -0.1) is 0 Å². The molecular formula is C19H26N3O3S+. The molecule has 0 amide bonds. The van der Waals surface area contributed by atoms with Crippen molar-refractivity contribution in [3.8, 4) is 5.75 Å². The molecule has 2 aromatic rings. The van der Waals surface area contributed by atoms with Crippen LogP contribution >= 0.6 is 0 Å². The van der Waals surface area contributed by atoms with Gasteiger partial charge in [0.25, 0.3) is 5.82 Å². The van der Waals surface area contributed by atoms with Gasteiger partial charge in [0.1, 0.15) is 22.9 Å². The van der Waals surface area contributed by atoms with E-state index in [1.807, 2.05) is 31.2 Å². The van der Waals surface area contributed by atoms with Gasteiger partial charge >= 0.3 is 0 Å². The van der Waals surface area contributed by atoms with Gasteiger partial charge in [-0.3, -0.25) is 5.32 Å². The first-order valence-corrected chi connectivity index (χ1v) is 10.4. The molecule has 1 aliphatic heterocycles. The molecule has 7 heteroatoms. The van der Waals surface area contributed by atoms with Gasteiger partial charge < -0.3 is 4.74 Å². The van der Waals surface area contributed by atoms with Crippen LogP contribution in [0.4, 0.5) is 5.82 Å². The summed E-state index contributed by atoms with van der Waals surface area (Å²) in [6, 6.07) is 11.2. The standard InChI is InChI=1S/C19H25N3O3S/c1-15(17-8-4-5-9-18(17)25-2)21-19-11-10-16(14-20-19)26(23,24)22-12-6-3-7-13-22/h4-5,8-11,14-15H,3,6-7,12-13H2,1-2H3,(H,20,21)/p+1/t15-/m1/s1. The van der Waals surface area contributed by atoms with E-state index in [0.29, 0.717) is 18.0 Å². The summed E-state index contributed by atoms with van der Waals surface area (Å²) in [4.78, 5) is 3.36. The van der Waals surface area contributed by atoms with Crippen LogP contribution in [0.2, 0.25) is 0 Å². The number of nitrogens with zero attached hydrogens (tertiary/aromatic N) is 1. The van der Waals surface area contributed by atoms with Crippen molar-refractivity contribution in [3.05, 3.63) is 48.2 Å². The number of H-pyrrole nitrogens is 1. The van der Waals surface area contributed by atoms with E-state index < -0.39 is 10.0 Å². The van der Waals surface area contributed by atoms with Gasteiger partial charge in [-0.2, -0.15) is 4.31 Å². The minimum atomic E-state index is -3.42. The Morgan fingerprint density at radius 3 is 2.50 bits per heavy atom. The first-order valence-electron chi connectivity index (χ1n) is 8.93. The molecule has 6 nitrogen and oxygen atoms in total. The Morgan fingerprint density at radius 1 is 1.12 bits per heavy atom. The molecule has 3 rings (SSSR count). The highest BCUT2D eigenvalue weighted by molar-refractivity contribution is 7.89. The maximum atomic E-state index is 12.7. The minimum Gasteiger partial charge on any atom is -0.496 e. The van der Waals surface area contributed by atoms with E-state index in [0.717, 1.165) is 36.4 Å². The van der Waals surface area contributed by atoms with Crippen LogP contribution in [-0.4, -0.2) is 32.9 Å². The van der Waals surface area contributed by atoms with Crippen molar-refractivity contribution in [2.24, 2.45) is 0 Å². The summed E-state index contributed by atoms with van der Waals surface area (Å²) < 4.78 is 32.4. The van der Waals surface area contributed by atoms with Crippen LogP contribution in [-0.2, 0) is 10.0 Å². The normalized spacial score (nSPS) is 16.8. The van der Waals surface area contributed by atoms with Crippen LogP contribution in [0, 0.1) is 0 Å². The summed E-state index contributed by atoms with van der Waals surface area (Å²) in [5.74, 6) is 1.57. The first-order chi connectivity index (χ1) is 12.5. The van der Waals surface area contributed by atoms with Crippen LogP contribution in [0.25, 0.3) is 0 Å². The molecule has 1 aromatic carbocycles. The Morgan fingerprint density at radius 2 is 1.85 bits per heavy atom. The van der Waals surface area contributed by atoms with Crippen molar-refractivity contribution in [1.82, 2.24) is 4.31 Å². The van der Waals surface area contributed by atoms with Gasteiger partial charge in [-0.05, 0) is 31.9 Å². The lowest BCUT2D eigenvalue weighted by molar-refractivity contribution is -0.364. The third kappa shape index (κ3) is 3.99. The molecule has 2 N–H and O–H groups in total. The van der Waals surface area contributed by atoms with E-state index in [2.05, 4.69) is 10.3 Å². The van der Waals surface area contributed by atoms with Crippen molar-refractivity contribution < 1.29 is 18.1 Å². The molecule has 0 saturated carbocycles. The number of hydrogen-bond acceptors (Lipinski definition) is 4. The van der Waals surface area contributed by atoms with Crippen LogP contribution in [0.3, 0.4) is 0 Å². The lowest BCUT2D eigenvalue weighted by atomic mass is 10.1. The minimum absolute atomic E-state index is 0.00644. The molecule has 1 saturated heterocycles. The van der Waals surface area contributed by atoms with E-state index in [4.69, 9.17) is 4.74 Å². The first kappa shape index (κ1) is 18.7. The second-order valence-corrected chi connectivity index (χ2v) is 8.45. The zero-order valence-corrected chi connectivity index (χ0v) is 16.1. The molecule has 140 valence electrons. The molecule has 1 aliphatic rings. The number of aromatic amines is 1. The predicted molar refractivity (Wildman–Crippen MR) is 101 cm³/mol. The third-order valence-electron chi connectivity index (χ3n) is 4.71. The zero-order valence-electron chi connectivity index (χ0n) is 15.2. The smallest absolute Gasteiger partial charge is 0.272 e. The second kappa shape index (κ2) is 8.05. The lowest BCUT2D eigenvalue weighted by Gasteiger charge is -2.25. The quantitative estimate of drug-likeness (QED) is 0.841. The Labute approximate surface area is 155 Å². The number of para-hydroxylation sites is 1. The van der Waals surface area contributed by atoms with Gasteiger partial charge in [0.2, 0.25) is 10.0 Å². The highest BCUT2D eigenvalue weighted by Crippen LogP contribution is 2.26. The molecule has 0 aliphatic carbocycles. The summed E-state index contributed by atoms with van der Waals surface area (Å²) >= 11 is 0. The number of benzene rings is 1. The maximum absolute atomic E-state index is 12.7. The van der Waals surface area contributed by atoms with E-state index in [-0.39, 0.29) is 6.04 Å². The molecule has 1 fully saturated rings. The van der Waals surface area contributed by atoms with Crippen molar-refractivity contribution in [2.75, 3.05) is 25.5 Å². The third-order valence-corrected chi connectivity index (χ3v) is 6.61. The number of methoxy groups -OCH3 is 1. The van der Waals surface area contributed by atoms with Crippen molar-refractivity contribution in [1.29, 1.82) is 0 Å². The summed E-state index contributed by atoms with van der Waals surface area (Å²) in [5.41, 5.74) is 1.04. The van der Waals surface area contributed by atoms with Crippen molar-refractivity contribution >= 4 is 15.8 Å². The Balaban J connectivity index is 1.73.